The number of carbonyl (C=O) groups excluding carboxylic acids is 1. The molecule has 0 N–H and O–H groups in total. The highest BCUT2D eigenvalue weighted by atomic mass is 32.1. The molecule has 0 bridgehead atoms. The topological polar surface area (TPSA) is 86.3 Å². The quantitative estimate of drug-likeness (QED) is 0.296. The SMILES string of the molecule is COc1cccc(Cc2nsc(Oc3ccc(CC(=O)N4CCN(Cc5ccc6c(c5)OCO6)CC4)cc3)n2)c1. The fourth-order valence-electron chi connectivity index (χ4n) is 4.83. The lowest BCUT2D eigenvalue weighted by atomic mass is 10.1. The summed E-state index contributed by atoms with van der Waals surface area (Å²) in [6.07, 6.45) is 0.969. The molecule has 4 aromatic rings. The second-order valence-electron chi connectivity index (χ2n) is 9.77. The van der Waals surface area contributed by atoms with Crippen molar-refractivity contribution in [3.05, 3.63) is 89.2 Å². The Kier molecular flexibility index (Phi) is 7.78. The number of hydrogen-bond donors (Lipinski definition) is 0. The van der Waals surface area contributed by atoms with E-state index in [2.05, 4.69) is 20.3 Å². The molecule has 0 spiro atoms. The monoisotopic (exact) mass is 558 g/mol. The second kappa shape index (κ2) is 11.9. The van der Waals surface area contributed by atoms with Gasteiger partial charge in [-0.05, 0) is 53.1 Å². The van der Waals surface area contributed by atoms with Crippen LogP contribution in [0.2, 0.25) is 0 Å². The molecule has 1 aromatic heterocycles. The van der Waals surface area contributed by atoms with Crippen LogP contribution in [0.5, 0.6) is 28.2 Å². The average molecular weight is 559 g/mol. The van der Waals surface area contributed by atoms with E-state index in [9.17, 15) is 4.79 Å². The summed E-state index contributed by atoms with van der Waals surface area (Å²) >= 11 is 1.22. The number of hydrogen-bond acceptors (Lipinski definition) is 9. The van der Waals surface area contributed by atoms with Crippen LogP contribution in [0.25, 0.3) is 0 Å². The molecular weight excluding hydrogens is 528 g/mol. The molecule has 1 saturated heterocycles. The van der Waals surface area contributed by atoms with Gasteiger partial charge < -0.3 is 23.8 Å². The molecule has 0 unspecified atom stereocenters. The largest absolute Gasteiger partial charge is 0.497 e. The van der Waals surface area contributed by atoms with E-state index in [1.807, 2.05) is 65.6 Å². The van der Waals surface area contributed by atoms with Crippen molar-refractivity contribution in [1.29, 1.82) is 0 Å². The second-order valence-corrected chi connectivity index (χ2v) is 10.5. The van der Waals surface area contributed by atoms with Crippen LogP contribution < -0.4 is 18.9 Å². The maximum atomic E-state index is 13.0. The highest BCUT2D eigenvalue weighted by molar-refractivity contribution is 7.07. The Morgan fingerprint density at radius 3 is 2.52 bits per heavy atom. The summed E-state index contributed by atoms with van der Waals surface area (Å²) < 4.78 is 26.5. The van der Waals surface area contributed by atoms with Gasteiger partial charge in [-0.2, -0.15) is 9.36 Å². The Morgan fingerprint density at radius 1 is 0.900 bits per heavy atom. The first kappa shape index (κ1) is 26.1. The van der Waals surface area contributed by atoms with E-state index >= 15 is 0 Å². The minimum atomic E-state index is 0.141. The third-order valence-electron chi connectivity index (χ3n) is 7.00. The minimum Gasteiger partial charge on any atom is -0.497 e. The predicted octanol–water partition coefficient (Wildman–Crippen LogP) is 4.55. The molecule has 0 aliphatic carbocycles. The first-order valence-electron chi connectivity index (χ1n) is 13.2. The van der Waals surface area contributed by atoms with Crippen molar-refractivity contribution < 1.29 is 23.7 Å². The van der Waals surface area contributed by atoms with Crippen molar-refractivity contribution in [2.75, 3.05) is 40.1 Å². The summed E-state index contributed by atoms with van der Waals surface area (Å²) in [6, 6.07) is 21.5. The van der Waals surface area contributed by atoms with Gasteiger partial charge in [0.2, 0.25) is 12.7 Å². The molecule has 0 atom stereocenters. The van der Waals surface area contributed by atoms with E-state index in [0.29, 0.717) is 29.6 Å². The van der Waals surface area contributed by atoms with Gasteiger partial charge in [-0.3, -0.25) is 9.69 Å². The summed E-state index contributed by atoms with van der Waals surface area (Å²) in [7, 11) is 1.65. The normalized spacial score (nSPS) is 14.8. The summed E-state index contributed by atoms with van der Waals surface area (Å²) in [5, 5.41) is 0.486. The third kappa shape index (κ3) is 6.35. The van der Waals surface area contributed by atoms with Gasteiger partial charge in [-0.1, -0.05) is 30.3 Å². The van der Waals surface area contributed by atoms with Crippen molar-refractivity contribution in [2.45, 2.75) is 19.4 Å². The van der Waals surface area contributed by atoms with Crippen LogP contribution in [0.1, 0.15) is 22.5 Å². The van der Waals surface area contributed by atoms with Crippen LogP contribution in [-0.4, -0.2) is 65.1 Å². The number of nitrogens with zero attached hydrogens (tertiary/aromatic N) is 4. The van der Waals surface area contributed by atoms with Crippen LogP contribution in [0.15, 0.2) is 66.7 Å². The maximum Gasteiger partial charge on any atom is 0.298 e. The number of methoxy groups -OCH3 is 1. The van der Waals surface area contributed by atoms with Crippen molar-refractivity contribution >= 4 is 17.4 Å². The molecule has 0 radical (unpaired) electrons. The fraction of sp³-hybridized carbons (Fsp3) is 0.300. The van der Waals surface area contributed by atoms with E-state index < -0.39 is 0 Å². The average Bonchev–Trinajstić information content (AvgIpc) is 3.63. The molecule has 2 aliphatic heterocycles. The highest BCUT2D eigenvalue weighted by Gasteiger charge is 2.22. The number of carbonyl (C=O) groups is 1. The van der Waals surface area contributed by atoms with Crippen molar-refractivity contribution in [3.63, 3.8) is 0 Å². The van der Waals surface area contributed by atoms with E-state index in [1.165, 1.54) is 17.1 Å². The summed E-state index contributed by atoms with van der Waals surface area (Å²) in [4.78, 5) is 21.8. The molecule has 3 aromatic carbocycles. The Labute approximate surface area is 237 Å². The molecule has 206 valence electrons. The molecule has 3 heterocycles. The lowest BCUT2D eigenvalue weighted by Gasteiger charge is -2.35. The van der Waals surface area contributed by atoms with Gasteiger partial charge in [-0.25, -0.2) is 0 Å². The number of ether oxygens (including phenoxy) is 4. The minimum absolute atomic E-state index is 0.141. The maximum absolute atomic E-state index is 13.0. The number of amides is 1. The molecule has 0 saturated carbocycles. The Morgan fingerprint density at radius 2 is 1.70 bits per heavy atom. The smallest absolute Gasteiger partial charge is 0.298 e. The van der Waals surface area contributed by atoms with Crippen LogP contribution in [0.4, 0.5) is 0 Å². The van der Waals surface area contributed by atoms with Gasteiger partial charge in [-0.15, -0.1) is 0 Å². The van der Waals surface area contributed by atoms with E-state index in [0.717, 1.165) is 61.1 Å². The summed E-state index contributed by atoms with van der Waals surface area (Å²) in [5.41, 5.74) is 3.22. The number of benzene rings is 3. The van der Waals surface area contributed by atoms with Crippen LogP contribution >= 0.6 is 11.5 Å². The van der Waals surface area contributed by atoms with Crippen LogP contribution in [0.3, 0.4) is 0 Å². The number of aromatic nitrogens is 2. The third-order valence-corrected chi connectivity index (χ3v) is 7.63. The fourth-order valence-corrected chi connectivity index (χ4v) is 5.40. The molecular formula is C30H30N4O5S. The van der Waals surface area contributed by atoms with Crippen molar-refractivity contribution in [3.8, 4) is 28.2 Å². The van der Waals surface area contributed by atoms with Gasteiger partial charge in [0, 0.05) is 50.7 Å². The molecule has 10 heteroatoms. The van der Waals surface area contributed by atoms with Crippen molar-refractivity contribution in [1.82, 2.24) is 19.2 Å². The van der Waals surface area contributed by atoms with Gasteiger partial charge >= 0.3 is 0 Å². The van der Waals surface area contributed by atoms with E-state index in [-0.39, 0.29) is 12.7 Å². The van der Waals surface area contributed by atoms with E-state index in [4.69, 9.17) is 18.9 Å². The molecule has 1 fully saturated rings. The van der Waals surface area contributed by atoms with Gasteiger partial charge in [0.25, 0.3) is 5.19 Å². The Hall–Kier alpha value is -4.15. The molecule has 9 nitrogen and oxygen atoms in total. The molecule has 1 amide bonds. The molecule has 2 aliphatic rings. The zero-order chi connectivity index (χ0) is 27.3. The predicted molar refractivity (Wildman–Crippen MR) is 150 cm³/mol. The molecule has 6 rings (SSSR count). The van der Waals surface area contributed by atoms with Gasteiger partial charge in [0.05, 0.1) is 13.5 Å². The van der Waals surface area contributed by atoms with Gasteiger partial charge in [0.15, 0.2) is 17.3 Å². The number of rotatable bonds is 9. The van der Waals surface area contributed by atoms with E-state index in [1.54, 1.807) is 7.11 Å². The summed E-state index contributed by atoms with van der Waals surface area (Å²) in [5.74, 6) is 3.92. The zero-order valence-corrected chi connectivity index (χ0v) is 23.1. The first-order chi connectivity index (χ1) is 19.6. The molecule has 40 heavy (non-hydrogen) atoms. The lowest BCUT2D eigenvalue weighted by molar-refractivity contribution is -0.132. The standard InChI is InChI=1S/C30H30N4O5S/c1-36-25-4-2-3-22(15-25)17-28-31-30(40-32-28)39-24-8-5-21(6-9-24)18-29(35)34-13-11-33(12-14-34)19-23-7-10-26-27(16-23)38-20-37-26/h2-10,15-16H,11-14,17-20H2,1H3. The lowest BCUT2D eigenvalue weighted by Crippen LogP contribution is -2.48. The summed E-state index contributed by atoms with van der Waals surface area (Å²) in [6.45, 7) is 4.24. The zero-order valence-electron chi connectivity index (χ0n) is 22.2. The highest BCUT2D eigenvalue weighted by Crippen LogP contribution is 2.33. The first-order valence-corrected chi connectivity index (χ1v) is 14.0. The Bertz CT molecular complexity index is 1470. The van der Waals surface area contributed by atoms with Gasteiger partial charge in [0.1, 0.15) is 11.5 Å². The van der Waals surface area contributed by atoms with Crippen LogP contribution in [0, 0.1) is 0 Å². The Balaban J connectivity index is 0.963. The number of piperazine rings is 1. The number of fused-ring (bicyclic) bond motifs is 1. The van der Waals surface area contributed by atoms with Crippen molar-refractivity contribution in [2.24, 2.45) is 0 Å². The van der Waals surface area contributed by atoms with Crippen LogP contribution in [-0.2, 0) is 24.2 Å².